The van der Waals surface area contributed by atoms with Crippen LogP contribution in [-0.4, -0.2) is 49.3 Å². The summed E-state index contributed by atoms with van der Waals surface area (Å²) < 4.78 is 28.1. The zero-order valence-corrected chi connectivity index (χ0v) is 26.3. The Labute approximate surface area is 251 Å². The average molecular weight is 600 g/mol. The van der Waals surface area contributed by atoms with E-state index in [2.05, 4.69) is 15.6 Å². The minimum atomic E-state index is -0.951. The van der Waals surface area contributed by atoms with Crippen LogP contribution in [0.4, 0.5) is 9.18 Å². The normalized spacial score (nSPS) is 19.2. The lowest BCUT2D eigenvalue weighted by molar-refractivity contribution is -0.0757. The summed E-state index contributed by atoms with van der Waals surface area (Å²) in [7, 11) is 0. The van der Waals surface area contributed by atoms with E-state index in [4.69, 9.17) is 21.1 Å². The second kappa shape index (κ2) is 11.6. The zero-order chi connectivity index (χ0) is 31.1. The van der Waals surface area contributed by atoms with Gasteiger partial charge in [0, 0.05) is 10.6 Å². The molecule has 9 nitrogen and oxygen atoms in total. The van der Waals surface area contributed by atoms with Crippen LogP contribution in [-0.2, 0) is 9.47 Å². The number of aromatic nitrogens is 3. The molecule has 4 rings (SSSR count). The lowest BCUT2D eigenvalue weighted by Gasteiger charge is -2.34. The molecule has 2 aromatic carbocycles. The van der Waals surface area contributed by atoms with Crippen LogP contribution >= 0.6 is 11.6 Å². The van der Waals surface area contributed by atoms with Crippen LogP contribution in [0.2, 0.25) is 5.02 Å². The quantitative estimate of drug-likeness (QED) is 0.330. The largest absolute Gasteiger partial charge is 0.444 e. The van der Waals surface area contributed by atoms with Gasteiger partial charge >= 0.3 is 6.09 Å². The summed E-state index contributed by atoms with van der Waals surface area (Å²) in [5, 5.41) is 12.0. The van der Waals surface area contributed by atoms with Gasteiger partial charge in [0.15, 0.2) is 0 Å². The molecule has 0 radical (unpaired) electrons. The fourth-order valence-electron chi connectivity index (χ4n) is 5.27. The predicted molar refractivity (Wildman–Crippen MR) is 158 cm³/mol. The summed E-state index contributed by atoms with van der Waals surface area (Å²) in [5.74, 6) is -0.997. The number of nitrogens with zero attached hydrogens (tertiary/aromatic N) is 4. The molecule has 1 unspecified atom stereocenters. The van der Waals surface area contributed by atoms with Gasteiger partial charge in [0.05, 0.1) is 29.6 Å². The maximum Gasteiger partial charge on any atom is 0.413 e. The van der Waals surface area contributed by atoms with Gasteiger partial charge in [-0.1, -0.05) is 42.8 Å². The molecule has 11 heteroatoms. The Morgan fingerprint density at radius 2 is 1.86 bits per heavy atom. The number of hydrogen-bond donors (Lipinski definition) is 1. The third kappa shape index (κ3) is 6.60. The Hall–Kier alpha value is -3.50. The van der Waals surface area contributed by atoms with Crippen LogP contribution < -0.4 is 5.32 Å². The molecule has 3 aromatic rings. The standard InChI is InChI=1S/C31H39ClFN5O4/c1-17(2)26(21-13-11-20(32)15-23(21)33)34-28(39)22-12-10-18(3)14-25(22)37-16-24(35-36-37)27-19(4)41-31(8,9)38(27)29(40)42-30(5,6)7/h10-17,19,26-27H,1-9H3,(H,34,39)/t19-,26?,27+/m1/s1. The van der Waals surface area contributed by atoms with Gasteiger partial charge in [-0.05, 0) is 84.2 Å². The maximum absolute atomic E-state index is 14.8. The lowest BCUT2D eigenvalue weighted by atomic mass is 9.95. The summed E-state index contributed by atoms with van der Waals surface area (Å²) in [4.78, 5) is 28.5. The first-order valence-electron chi connectivity index (χ1n) is 14.0. The fraction of sp³-hybridized carbons (Fsp3) is 0.484. The Morgan fingerprint density at radius 3 is 2.48 bits per heavy atom. The monoisotopic (exact) mass is 599 g/mol. The highest BCUT2D eigenvalue weighted by atomic mass is 35.5. The zero-order valence-electron chi connectivity index (χ0n) is 25.5. The molecule has 1 fully saturated rings. The molecule has 0 aliphatic carbocycles. The molecular formula is C31H39ClFN5O4. The van der Waals surface area contributed by atoms with Crippen LogP contribution in [0.3, 0.4) is 0 Å². The van der Waals surface area contributed by atoms with Crippen molar-refractivity contribution in [2.24, 2.45) is 5.92 Å². The molecule has 1 saturated heterocycles. The molecule has 226 valence electrons. The van der Waals surface area contributed by atoms with E-state index < -0.39 is 47.3 Å². The van der Waals surface area contributed by atoms with Crippen molar-refractivity contribution in [3.8, 4) is 5.69 Å². The van der Waals surface area contributed by atoms with Crippen LogP contribution in [0, 0.1) is 18.7 Å². The van der Waals surface area contributed by atoms with E-state index in [0.29, 0.717) is 22.5 Å². The summed E-state index contributed by atoms with van der Waals surface area (Å²) in [6.45, 7) is 16.6. The third-order valence-corrected chi connectivity index (χ3v) is 7.31. The summed E-state index contributed by atoms with van der Waals surface area (Å²) in [6, 6.07) is 8.60. The number of rotatable bonds is 6. The minimum Gasteiger partial charge on any atom is -0.444 e. The van der Waals surface area contributed by atoms with Gasteiger partial charge in [0.25, 0.3) is 5.91 Å². The van der Waals surface area contributed by atoms with Gasteiger partial charge < -0.3 is 14.8 Å². The Balaban J connectivity index is 1.69. The highest BCUT2D eigenvalue weighted by Crippen LogP contribution is 2.42. The number of hydrogen-bond acceptors (Lipinski definition) is 6. The molecule has 1 aliphatic rings. The molecule has 0 bridgehead atoms. The first-order valence-corrected chi connectivity index (χ1v) is 14.4. The molecule has 1 aromatic heterocycles. The van der Waals surface area contributed by atoms with Gasteiger partial charge in [-0.15, -0.1) is 5.10 Å². The van der Waals surface area contributed by atoms with Crippen molar-refractivity contribution in [2.45, 2.75) is 91.8 Å². The molecular weight excluding hydrogens is 561 g/mol. The molecule has 2 amide bonds. The number of nitrogens with one attached hydrogen (secondary N) is 1. The number of amides is 2. The highest BCUT2D eigenvalue weighted by molar-refractivity contribution is 6.30. The second-order valence-corrected chi connectivity index (χ2v) is 13.0. The van der Waals surface area contributed by atoms with Crippen LogP contribution in [0.5, 0.6) is 0 Å². The number of aryl methyl sites for hydroxylation is 1. The molecule has 1 N–H and O–H groups in total. The van der Waals surface area contributed by atoms with Gasteiger partial charge in [0.2, 0.25) is 0 Å². The molecule has 2 heterocycles. The van der Waals surface area contributed by atoms with E-state index in [1.165, 1.54) is 15.6 Å². The van der Waals surface area contributed by atoms with E-state index >= 15 is 0 Å². The van der Waals surface area contributed by atoms with E-state index in [-0.39, 0.29) is 10.9 Å². The van der Waals surface area contributed by atoms with Crippen LogP contribution in [0.15, 0.2) is 42.6 Å². The van der Waals surface area contributed by atoms with E-state index in [0.717, 1.165) is 5.56 Å². The predicted octanol–water partition coefficient (Wildman–Crippen LogP) is 6.93. The number of carbonyl (C=O) groups excluding carboxylic acids is 2. The van der Waals surface area contributed by atoms with Crippen molar-refractivity contribution in [2.75, 3.05) is 0 Å². The van der Waals surface area contributed by atoms with Crippen molar-refractivity contribution in [3.05, 3.63) is 75.8 Å². The topological polar surface area (TPSA) is 98.6 Å². The molecule has 1 aliphatic heterocycles. The smallest absolute Gasteiger partial charge is 0.413 e. The number of ether oxygens (including phenoxy) is 2. The SMILES string of the molecule is Cc1ccc(C(=O)NC(c2ccc(Cl)cc2F)C(C)C)c(-n2cc([C@@H]3[C@@H](C)OC(C)(C)N3C(=O)OC(C)(C)C)nn2)c1. The average Bonchev–Trinajstić information content (AvgIpc) is 3.42. The van der Waals surface area contributed by atoms with E-state index in [9.17, 15) is 14.0 Å². The third-order valence-electron chi connectivity index (χ3n) is 7.08. The summed E-state index contributed by atoms with van der Waals surface area (Å²) in [6.07, 6.45) is 0.758. The number of halogens is 2. The van der Waals surface area contributed by atoms with Crippen LogP contribution in [0.25, 0.3) is 5.69 Å². The molecule has 3 atom stereocenters. The van der Waals surface area contributed by atoms with Crippen molar-refractivity contribution in [1.82, 2.24) is 25.2 Å². The van der Waals surface area contributed by atoms with Crippen molar-refractivity contribution < 1.29 is 23.5 Å². The minimum absolute atomic E-state index is 0.109. The lowest BCUT2D eigenvalue weighted by Crippen LogP contribution is -2.47. The maximum atomic E-state index is 14.8. The first-order chi connectivity index (χ1) is 19.5. The Kier molecular flexibility index (Phi) is 8.72. The van der Waals surface area contributed by atoms with Crippen molar-refractivity contribution in [3.63, 3.8) is 0 Å². The van der Waals surface area contributed by atoms with Crippen LogP contribution in [0.1, 0.15) is 94.7 Å². The first kappa shape index (κ1) is 31.4. The number of benzene rings is 2. The van der Waals surface area contributed by atoms with Gasteiger partial charge in [-0.2, -0.15) is 0 Å². The molecule has 0 saturated carbocycles. The fourth-order valence-corrected chi connectivity index (χ4v) is 5.43. The second-order valence-electron chi connectivity index (χ2n) is 12.5. The van der Waals surface area contributed by atoms with E-state index in [1.54, 1.807) is 59.0 Å². The summed E-state index contributed by atoms with van der Waals surface area (Å²) in [5.41, 5.74) is 0.893. The Bertz CT molecular complexity index is 1480. The molecule has 0 spiro atoms. The van der Waals surface area contributed by atoms with Gasteiger partial charge in [0.1, 0.15) is 28.9 Å². The molecule has 42 heavy (non-hydrogen) atoms. The Morgan fingerprint density at radius 1 is 1.17 bits per heavy atom. The van der Waals surface area contributed by atoms with Gasteiger partial charge in [-0.25, -0.2) is 13.9 Å². The van der Waals surface area contributed by atoms with Crippen molar-refractivity contribution in [1.29, 1.82) is 0 Å². The van der Waals surface area contributed by atoms with Crippen molar-refractivity contribution >= 4 is 23.6 Å². The van der Waals surface area contributed by atoms with E-state index in [1.807, 2.05) is 39.8 Å². The summed E-state index contributed by atoms with van der Waals surface area (Å²) >= 11 is 5.95. The number of carbonyl (C=O) groups is 2. The van der Waals surface area contributed by atoms with Gasteiger partial charge in [-0.3, -0.25) is 9.69 Å². The highest BCUT2D eigenvalue weighted by Gasteiger charge is 2.51.